The van der Waals surface area contributed by atoms with Crippen molar-refractivity contribution in [3.8, 4) is 0 Å². The van der Waals surface area contributed by atoms with Crippen LogP contribution in [0.5, 0.6) is 0 Å². The van der Waals surface area contributed by atoms with Crippen LogP contribution in [0.15, 0.2) is 22.7 Å². The number of benzene rings is 1. The highest BCUT2D eigenvalue weighted by Gasteiger charge is 2.26. The van der Waals surface area contributed by atoms with E-state index >= 15 is 0 Å². The molecule has 1 aromatic carbocycles. The Morgan fingerprint density at radius 1 is 1.37 bits per heavy atom. The molecule has 0 radical (unpaired) electrons. The lowest BCUT2D eigenvalue weighted by Crippen LogP contribution is -2.45. The number of carbonyl (C=O) groups is 2. The lowest BCUT2D eigenvalue weighted by atomic mass is 9.82. The zero-order valence-electron chi connectivity index (χ0n) is 10.4. The Morgan fingerprint density at radius 2 is 2.05 bits per heavy atom. The molecular formula is C13H15BrN2O3. The fourth-order valence-electron chi connectivity index (χ4n) is 2.12. The Kier molecular flexibility index (Phi) is 4.09. The van der Waals surface area contributed by atoms with Gasteiger partial charge < -0.3 is 15.7 Å². The monoisotopic (exact) mass is 326 g/mol. The van der Waals surface area contributed by atoms with Crippen molar-refractivity contribution in [3.05, 3.63) is 28.2 Å². The summed E-state index contributed by atoms with van der Waals surface area (Å²) in [6.07, 6.45) is 1.98. The Bertz CT molecular complexity index is 513. The number of halogens is 1. The molecule has 19 heavy (non-hydrogen) atoms. The van der Waals surface area contributed by atoms with E-state index in [1.807, 2.05) is 0 Å². The van der Waals surface area contributed by atoms with E-state index in [2.05, 4.69) is 33.5 Å². The highest BCUT2D eigenvalue weighted by atomic mass is 79.9. The number of amides is 2. The van der Waals surface area contributed by atoms with Crippen molar-refractivity contribution in [2.75, 3.05) is 5.32 Å². The van der Waals surface area contributed by atoms with Crippen LogP contribution in [0, 0.1) is 5.92 Å². The average molecular weight is 327 g/mol. The maximum absolute atomic E-state index is 11.8. The van der Waals surface area contributed by atoms with Gasteiger partial charge >= 0.3 is 12.0 Å². The molecule has 0 aromatic heterocycles. The van der Waals surface area contributed by atoms with Gasteiger partial charge in [-0.05, 0) is 52.9 Å². The first kappa shape index (κ1) is 13.9. The minimum absolute atomic E-state index is 0.135. The van der Waals surface area contributed by atoms with E-state index in [4.69, 9.17) is 5.11 Å². The maximum Gasteiger partial charge on any atom is 0.335 e. The van der Waals surface area contributed by atoms with Crippen molar-refractivity contribution in [2.24, 2.45) is 5.92 Å². The quantitative estimate of drug-likeness (QED) is 0.798. The first-order chi connectivity index (χ1) is 8.95. The third kappa shape index (κ3) is 3.47. The molecule has 0 bridgehead atoms. The van der Waals surface area contributed by atoms with Gasteiger partial charge in [0.2, 0.25) is 0 Å². The predicted molar refractivity (Wildman–Crippen MR) is 75.4 cm³/mol. The number of carboxylic acid groups (broad SMARTS) is 1. The second-order valence-corrected chi connectivity index (χ2v) is 5.73. The van der Waals surface area contributed by atoms with E-state index in [9.17, 15) is 9.59 Å². The van der Waals surface area contributed by atoms with Gasteiger partial charge in [-0.3, -0.25) is 0 Å². The fraction of sp³-hybridized carbons (Fsp3) is 0.385. The summed E-state index contributed by atoms with van der Waals surface area (Å²) in [5.74, 6) is -0.365. The Labute approximate surface area is 119 Å². The molecule has 1 aromatic rings. The highest BCUT2D eigenvalue weighted by molar-refractivity contribution is 9.10. The molecule has 1 aliphatic carbocycles. The molecule has 0 aliphatic heterocycles. The zero-order chi connectivity index (χ0) is 14.0. The molecule has 0 atom stereocenters. The molecule has 1 saturated carbocycles. The second-order valence-electron chi connectivity index (χ2n) is 4.87. The molecule has 6 heteroatoms. The summed E-state index contributed by atoms with van der Waals surface area (Å²) < 4.78 is 0.648. The largest absolute Gasteiger partial charge is 0.478 e. The van der Waals surface area contributed by atoms with E-state index in [0.717, 1.165) is 12.8 Å². The number of nitrogens with one attached hydrogen (secondary N) is 2. The number of carbonyl (C=O) groups excluding carboxylic acids is 1. The van der Waals surface area contributed by atoms with Crippen LogP contribution in [0.3, 0.4) is 0 Å². The summed E-state index contributed by atoms with van der Waals surface area (Å²) in [7, 11) is 0. The van der Waals surface area contributed by atoms with Crippen LogP contribution in [0.25, 0.3) is 0 Å². The highest BCUT2D eigenvalue weighted by Crippen LogP contribution is 2.27. The molecule has 1 aliphatic rings. The van der Waals surface area contributed by atoms with Crippen LogP contribution in [-0.4, -0.2) is 23.1 Å². The number of hydrogen-bond donors (Lipinski definition) is 3. The maximum atomic E-state index is 11.8. The van der Waals surface area contributed by atoms with E-state index in [0.29, 0.717) is 16.1 Å². The van der Waals surface area contributed by atoms with Gasteiger partial charge in [-0.15, -0.1) is 0 Å². The minimum Gasteiger partial charge on any atom is -0.478 e. The van der Waals surface area contributed by atoms with Crippen LogP contribution in [0.1, 0.15) is 30.1 Å². The second kappa shape index (κ2) is 5.61. The van der Waals surface area contributed by atoms with E-state index in [1.54, 1.807) is 6.07 Å². The van der Waals surface area contributed by atoms with Crippen molar-refractivity contribution in [3.63, 3.8) is 0 Å². The molecule has 3 N–H and O–H groups in total. The molecule has 0 unspecified atom stereocenters. The van der Waals surface area contributed by atoms with Crippen molar-refractivity contribution in [1.29, 1.82) is 0 Å². The summed E-state index contributed by atoms with van der Waals surface area (Å²) in [6, 6.07) is 4.42. The number of hydrogen-bond acceptors (Lipinski definition) is 2. The standard InChI is InChI=1S/C13H15BrN2O3/c1-7-4-9(5-7)15-13(19)16-11-6-8(12(17)18)2-3-10(11)14/h2-3,6-7,9H,4-5H2,1H3,(H,17,18)(H2,15,16,19). The van der Waals surface area contributed by atoms with E-state index < -0.39 is 5.97 Å². The van der Waals surface area contributed by atoms with Crippen LogP contribution >= 0.6 is 15.9 Å². The molecule has 2 rings (SSSR count). The number of rotatable bonds is 3. The smallest absolute Gasteiger partial charge is 0.335 e. The number of urea groups is 1. The van der Waals surface area contributed by atoms with Gasteiger partial charge in [0.05, 0.1) is 11.3 Å². The van der Waals surface area contributed by atoms with Crippen LogP contribution in [-0.2, 0) is 0 Å². The van der Waals surface area contributed by atoms with Gasteiger partial charge in [-0.2, -0.15) is 0 Å². The SMILES string of the molecule is CC1CC(NC(=O)Nc2cc(C(=O)O)ccc2Br)C1. The van der Waals surface area contributed by atoms with Crippen LogP contribution in [0.2, 0.25) is 0 Å². The summed E-state index contributed by atoms with van der Waals surface area (Å²) in [5.41, 5.74) is 0.584. The third-order valence-corrected chi connectivity index (χ3v) is 3.86. The molecule has 5 nitrogen and oxygen atoms in total. The van der Waals surface area contributed by atoms with Crippen LogP contribution < -0.4 is 10.6 Å². The summed E-state index contributed by atoms with van der Waals surface area (Å²) in [6.45, 7) is 2.14. The molecular weight excluding hydrogens is 312 g/mol. The van der Waals surface area contributed by atoms with Crippen molar-refractivity contribution in [1.82, 2.24) is 5.32 Å². The van der Waals surface area contributed by atoms with Crippen molar-refractivity contribution in [2.45, 2.75) is 25.8 Å². The first-order valence-electron chi connectivity index (χ1n) is 6.06. The first-order valence-corrected chi connectivity index (χ1v) is 6.85. The lowest BCUT2D eigenvalue weighted by molar-refractivity contribution is 0.0697. The summed E-state index contributed by atoms with van der Waals surface area (Å²) >= 11 is 3.28. The van der Waals surface area contributed by atoms with E-state index in [1.165, 1.54) is 12.1 Å². The van der Waals surface area contributed by atoms with Gasteiger partial charge in [0.25, 0.3) is 0 Å². The Hall–Kier alpha value is -1.56. The topological polar surface area (TPSA) is 78.4 Å². The summed E-state index contributed by atoms with van der Waals surface area (Å²) in [5, 5.41) is 14.4. The number of anilines is 1. The van der Waals surface area contributed by atoms with Gasteiger partial charge in [-0.25, -0.2) is 9.59 Å². The average Bonchev–Trinajstić information content (AvgIpc) is 2.29. The third-order valence-electron chi connectivity index (χ3n) is 3.17. The van der Waals surface area contributed by atoms with Crippen LogP contribution in [0.4, 0.5) is 10.5 Å². The number of carboxylic acids is 1. The van der Waals surface area contributed by atoms with Gasteiger partial charge in [0.15, 0.2) is 0 Å². The van der Waals surface area contributed by atoms with Gasteiger partial charge in [0, 0.05) is 10.5 Å². The van der Waals surface area contributed by atoms with Crippen molar-refractivity contribution >= 4 is 33.6 Å². The van der Waals surface area contributed by atoms with E-state index in [-0.39, 0.29) is 17.6 Å². The molecule has 0 saturated heterocycles. The van der Waals surface area contributed by atoms with Gasteiger partial charge in [0.1, 0.15) is 0 Å². The molecule has 0 spiro atoms. The summed E-state index contributed by atoms with van der Waals surface area (Å²) in [4.78, 5) is 22.6. The Morgan fingerprint density at radius 3 is 2.63 bits per heavy atom. The predicted octanol–water partition coefficient (Wildman–Crippen LogP) is 3.07. The fourth-order valence-corrected chi connectivity index (χ4v) is 2.46. The molecule has 2 amide bonds. The molecule has 1 fully saturated rings. The molecule has 102 valence electrons. The lowest BCUT2D eigenvalue weighted by Gasteiger charge is -2.33. The minimum atomic E-state index is -1.02. The van der Waals surface area contributed by atoms with Gasteiger partial charge in [-0.1, -0.05) is 6.92 Å². The zero-order valence-corrected chi connectivity index (χ0v) is 12.0. The number of aromatic carboxylic acids is 1. The molecule has 0 heterocycles. The normalized spacial score (nSPS) is 21.4. The van der Waals surface area contributed by atoms with Crippen molar-refractivity contribution < 1.29 is 14.7 Å². The Balaban J connectivity index is 1.99.